The molecule has 0 bridgehead atoms. The summed E-state index contributed by atoms with van der Waals surface area (Å²) in [6, 6.07) is 6.79. The third kappa shape index (κ3) is 8.14. The van der Waals surface area contributed by atoms with Crippen LogP contribution in [0.4, 0.5) is 5.69 Å². The molecule has 1 aliphatic heterocycles. The molecule has 1 fully saturated rings. The smallest absolute Gasteiger partial charge is 0.339 e. The molecule has 1 aromatic carbocycles. The zero-order valence-corrected chi connectivity index (χ0v) is 21.8. The monoisotopic (exact) mass is 549 g/mol. The number of hydrogen-bond donors (Lipinski definition) is 0. The fourth-order valence-corrected chi connectivity index (χ4v) is 4.03. The van der Waals surface area contributed by atoms with Crippen LogP contribution in [-0.2, 0) is 42.9 Å². The summed E-state index contributed by atoms with van der Waals surface area (Å²) in [4.78, 5) is 50.0. The summed E-state index contributed by atoms with van der Waals surface area (Å²) in [6.45, 7) is 4.50. The predicted octanol–water partition coefficient (Wildman–Crippen LogP) is 2.04. The van der Waals surface area contributed by atoms with E-state index in [0.717, 1.165) is 33.6 Å². The van der Waals surface area contributed by atoms with E-state index in [-0.39, 0.29) is 5.75 Å². The number of alkyl halides is 2. The SMILES string of the molecule is COC(=O)[C@@H]1O[C@H](Oc2ccc(N(CCCl)CCCl)cc2)[C@H](OC(C)=O)[C@@H](OC(C)=O)[C@@H]1OC(C)=O. The highest BCUT2D eigenvalue weighted by Gasteiger charge is 2.55. The number of anilines is 1. The van der Waals surface area contributed by atoms with Crippen LogP contribution in [0, 0.1) is 0 Å². The van der Waals surface area contributed by atoms with Crippen LogP contribution in [0.5, 0.6) is 5.75 Å². The van der Waals surface area contributed by atoms with Crippen molar-refractivity contribution in [1.29, 1.82) is 0 Å². The molecule has 1 aliphatic rings. The third-order valence-corrected chi connectivity index (χ3v) is 5.34. The molecular weight excluding hydrogens is 521 g/mol. The molecule has 0 radical (unpaired) electrons. The molecule has 2 rings (SSSR count). The first-order chi connectivity index (χ1) is 17.1. The van der Waals surface area contributed by atoms with Crippen molar-refractivity contribution in [2.45, 2.75) is 51.5 Å². The number of hydrogen-bond acceptors (Lipinski definition) is 11. The molecule has 0 spiro atoms. The van der Waals surface area contributed by atoms with Crippen molar-refractivity contribution in [1.82, 2.24) is 0 Å². The van der Waals surface area contributed by atoms with Crippen LogP contribution in [0.25, 0.3) is 0 Å². The van der Waals surface area contributed by atoms with Gasteiger partial charge in [0.1, 0.15) is 5.75 Å². The standard InChI is InChI=1S/C23H29Cl2NO10/c1-13(27)32-18-19(33-14(2)28)21(34-15(3)29)23(36-20(18)22(30)31-4)35-17-7-5-16(6-8-17)26(11-9-24)12-10-25/h5-8,18-21,23H,9-12H2,1-4H3/t18-,19-,20+,21+,23-/m0/s1. The normalized spacial score (nSPS) is 23.2. The second-order valence-electron chi connectivity index (χ2n) is 7.65. The summed E-state index contributed by atoms with van der Waals surface area (Å²) < 4.78 is 32.3. The second-order valence-corrected chi connectivity index (χ2v) is 8.40. The van der Waals surface area contributed by atoms with Crippen molar-refractivity contribution in [3.63, 3.8) is 0 Å². The number of benzene rings is 1. The minimum atomic E-state index is -1.54. The zero-order valence-electron chi connectivity index (χ0n) is 20.3. The topological polar surface area (TPSA) is 127 Å². The van der Waals surface area contributed by atoms with Crippen LogP contribution in [0.3, 0.4) is 0 Å². The van der Waals surface area contributed by atoms with E-state index in [1.165, 1.54) is 0 Å². The van der Waals surface area contributed by atoms with Crippen molar-refractivity contribution in [3.8, 4) is 5.75 Å². The Morgan fingerprint density at radius 1 is 0.833 bits per heavy atom. The Morgan fingerprint density at radius 2 is 1.33 bits per heavy atom. The van der Waals surface area contributed by atoms with E-state index in [2.05, 4.69) is 0 Å². The van der Waals surface area contributed by atoms with Gasteiger partial charge in [-0.05, 0) is 24.3 Å². The first-order valence-electron chi connectivity index (χ1n) is 11.0. The van der Waals surface area contributed by atoms with Gasteiger partial charge in [0.25, 0.3) is 0 Å². The van der Waals surface area contributed by atoms with Crippen molar-refractivity contribution in [2.24, 2.45) is 0 Å². The zero-order chi connectivity index (χ0) is 26.8. The van der Waals surface area contributed by atoms with Gasteiger partial charge in [-0.1, -0.05) is 0 Å². The van der Waals surface area contributed by atoms with E-state index >= 15 is 0 Å². The molecule has 0 N–H and O–H groups in total. The van der Waals surface area contributed by atoms with Gasteiger partial charge in [0.15, 0.2) is 18.3 Å². The Hall–Kier alpha value is -2.76. The average molecular weight is 550 g/mol. The van der Waals surface area contributed by atoms with E-state index in [1.807, 2.05) is 4.90 Å². The molecule has 0 aromatic heterocycles. The minimum Gasteiger partial charge on any atom is -0.467 e. The maximum absolute atomic E-state index is 12.5. The Morgan fingerprint density at radius 3 is 1.81 bits per heavy atom. The van der Waals surface area contributed by atoms with Gasteiger partial charge >= 0.3 is 23.9 Å². The van der Waals surface area contributed by atoms with Crippen molar-refractivity contribution in [3.05, 3.63) is 24.3 Å². The predicted molar refractivity (Wildman–Crippen MR) is 128 cm³/mol. The maximum Gasteiger partial charge on any atom is 0.339 e. The molecule has 0 saturated carbocycles. The van der Waals surface area contributed by atoms with Crippen LogP contribution in [0.2, 0.25) is 0 Å². The highest BCUT2D eigenvalue weighted by Crippen LogP contribution is 2.31. The highest BCUT2D eigenvalue weighted by molar-refractivity contribution is 6.18. The molecule has 36 heavy (non-hydrogen) atoms. The van der Waals surface area contributed by atoms with Gasteiger partial charge in [-0.2, -0.15) is 0 Å². The van der Waals surface area contributed by atoms with Gasteiger partial charge in [-0.15, -0.1) is 23.2 Å². The third-order valence-electron chi connectivity index (χ3n) is 5.00. The lowest BCUT2D eigenvalue weighted by molar-refractivity contribution is -0.282. The molecule has 1 aromatic rings. The highest BCUT2D eigenvalue weighted by atomic mass is 35.5. The van der Waals surface area contributed by atoms with Gasteiger partial charge in [-0.25, -0.2) is 4.79 Å². The molecule has 1 saturated heterocycles. The lowest BCUT2D eigenvalue weighted by Gasteiger charge is -2.43. The number of esters is 4. The number of nitrogens with zero attached hydrogens (tertiary/aromatic N) is 1. The number of rotatable bonds is 11. The van der Waals surface area contributed by atoms with Crippen LogP contribution < -0.4 is 9.64 Å². The molecule has 1 heterocycles. The van der Waals surface area contributed by atoms with Crippen LogP contribution in [0.15, 0.2) is 24.3 Å². The lowest BCUT2D eigenvalue weighted by atomic mass is 9.97. The van der Waals surface area contributed by atoms with Gasteiger partial charge in [0.2, 0.25) is 12.4 Å². The molecule has 200 valence electrons. The summed E-state index contributed by atoms with van der Waals surface area (Å²) in [5.74, 6) is -2.13. The Kier molecular flexibility index (Phi) is 11.5. The maximum atomic E-state index is 12.5. The fraction of sp³-hybridized carbons (Fsp3) is 0.565. The quantitative estimate of drug-likeness (QED) is 0.228. The summed E-state index contributed by atoms with van der Waals surface area (Å²) in [6.07, 6.45) is -7.25. The number of halogens is 2. The van der Waals surface area contributed by atoms with Crippen LogP contribution in [-0.4, -0.2) is 86.5 Å². The Bertz CT molecular complexity index is 907. The molecule has 0 amide bonds. The average Bonchev–Trinajstić information content (AvgIpc) is 2.81. The van der Waals surface area contributed by atoms with E-state index in [4.69, 9.17) is 51.6 Å². The largest absolute Gasteiger partial charge is 0.467 e. The fourth-order valence-electron chi connectivity index (χ4n) is 3.62. The lowest BCUT2D eigenvalue weighted by Crippen LogP contribution is -2.64. The van der Waals surface area contributed by atoms with Gasteiger partial charge in [0, 0.05) is 51.3 Å². The first kappa shape index (κ1) is 29.5. The van der Waals surface area contributed by atoms with Crippen molar-refractivity contribution >= 4 is 52.8 Å². The number of ether oxygens (including phenoxy) is 6. The van der Waals surface area contributed by atoms with Crippen molar-refractivity contribution < 1.29 is 47.6 Å². The van der Waals surface area contributed by atoms with Crippen molar-refractivity contribution in [2.75, 3.05) is 36.9 Å². The van der Waals surface area contributed by atoms with Crippen LogP contribution >= 0.6 is 23.2 Å². The Balaban J connectivity index is 2.41. The van der Waals surface area contributed by atoms with E-state index in [9.17, 15) is 19.2 Å². The number of carbonyl (C=O) groups excluding carboxylic acids is 4. The van der Waals surface area contributed by atoms with E-state index in [1.54, 1.807) is 24.3 Å². The summed E-state index contributed by atoms with van der Waals surface area (Å²) >= 11 is 11.7. The van der Waals surface area contributed by atoms with Gasteiger partial charge in [0.05, 0.1) is 7.11 Å². The van der Waals surface area contributed by atoms with E-state index in [0.29, 0.717) is 24.8 Å². The Labute approximate surface area is 218 Å². The summed E-state index contributed by atoms with van der Waals surface area (Å²) in [5.41, 5.74) is 0.838. The van der Waals surface area contributed by atoms with E-state index < -0.39 is 54.6 Å². The molecule has 0 aliphatic carbocycles. The van der Waals surface area contributed by atoms with Gasteiger partial charge < -0.3 is 33.3 Å². The molecule has 5 atom stereocenters. The van der Waals surface area contributed by atoms with Gasteiger partial charge in [-0.3, -0.25) is 14.4 Å². The number of carbonyl (C=O) groups is 4. The summed E-state index contributed by atoms with van der Waals surface area (Å²) in [7, 11) is 1.11. The molecule has 13 heteroatoms. The molecule has 0 unspecified atom stereocenters. The molecule has 11 nitrogen and oxygen atoms in total. The summed E-state index contributed by atoms with van der Waals surface area (Å²) in [5, 5.41) is 0. The first-order valence-corrected chi connectivity index (χ1v) is 12.1. The number of methoxy groups -OCH3 is 1. The second kappa shape index (κ2) is 14.1. The molecular formula is C23H29Cl2NO10. The van der Waals surface area contributed by atoms with Crippen LogP contribution in [0.1, 0.15) is 20.8 Å². The minimum absolute atomic E-state index is 0.286.